The molecule has 0 saturated heterocycles. The first-order valence-electron chi connectivity index (χ1n) is 8.24. The van der Waals surface area contributed by atoms with E-state index < -0.39 is 5.91 Å². The first kappa shape index (κ1) is 16.2. The molecule has 24 heavy (non-hydrogen) atoms. The second kappa shape index (κ2) is 6.83. The lowest BCUT2D eigenvalue weighted by atomic mass is 10.0. The molecule has 124 valence electrons. The Bertz CT molecular complexity index is 838. The van der Waals surface area contributed by atoms with Crippen molar-refractivity contribution in [3.63, 3.8) is 0 Å². The third-order valence-electron chi connectivity index (χ3n) is 4.28. The SMILES string of the molecule is CCCCc1cc(=O)c2c(n1Cc1ccccc1)CC(=O)NC2=O. The zero-order valence-electron chi connectivity index (χ0n) is 13.7. The number of carbonyl (C=O) groups is 2. The summed E-state index contributed by atoms with van der Waals surface area (Å²) in [7, 11) is 0. The number of unbranched alkanes of at least 4 members (excludes halogenated alkanes) is 1. The summed E-state index contributed by atoms with van der Waals surface area (Å²) in [6.07, 6.45) is 2.77. The maximum Gasteiger partial charge on any atom is 0.263 e. The lowest BCUT2D eigenvalue weighted by Gasteiger charge is -2.24. The molecule has 0 saturated carbocycles. The molecule has 0 radical (unpaired) electrons. The van der Waals surface area contributed by atoms with Crippen LogP contribution in [-0.2, 0) is 24.2 Å². The van der Waals surface area contributed by atoms with Crippen molar-refractivity contribution in [3.05, 3.63) is 69.1 Å². The van der Waals surface area contributed by atoms with Gasteiger partial charge in [0.15, 0.2) is 5.43 Å². The van der Waals surface area contributed by atoms with Crippen LogP contribution < -0.4 is 10.7 Å². The number of hydrogen-bond acceptors (Lipinski definition) is 3. The van der Waals surface area contributed by atoms with E-state index in [-0.39, 0.29) is 23.3 Å². The van der Waals surface area contributed by atoms with Crippen LogP contribution in [0.4, 0.5) is 0 Å². The van der Waals surface area contributed by atoms with E-state index in [1.165, 1.54) is 0 Å². The van der Waals surface area contributed by atoms with Gasteiger partial charge < -0.3 is 4.57 Å². The van der Waals surface area contributed by atoms with E-state index >= 15 is 0 Å². The fourth-order valence-corrected chi connectivity index (χ4v) is 3.09. The number of nitrogens with one attached hydrogen (secondary N) is 1. The first-order valence-corrected chi connectivity index (χ1v) is 8.24. The Kier molecular flexibility index (Phi) is 4.60. The Morgan fingerprint density at radius 3 is 2.58 bits per heavy atom. The highest BCUT2D eigenvalue weighted by molar-refractivity contribution is 6.09. The summed E-state index contributed by atoms with van der Waals surface area (Å²) in [6, 6.07) is 11.4. The van der Waals surface area contributed by atoms with Crippen LogP contribution in [0.25, 0.3) is 0 Å². The highest BCUT2D eigenvalue weighted by Crippen LogP contribution is 2.18. The van der Waals surface area contributed by atoms with Gasteiger partial charge in [-0.3, -0.25) is 19.7 Å². The van der Waals surface area contributed by atoms with E-state index in [1.54, 1.807) is 6.07 Å². The van der Waals surface area contributed by atoms with Crippen molar-refractivity contribution < 1.29 is 9.59 Å². The molecule has 3 rings (SSSR count). The number of carbonyl (C=O) groups excluding carboxylic acids is 2. The molecular formula is C19H20N2O3. The zero-order valence-corrected chi connectivity index (χ0v) is 13.7. The smallest absolute Gasteiger partial charge is 0.263 e. The fraction of sp³-hybridized carbons (Fsp3) is 0.316. The van der Waals surface area contributed by atoms with Crippen molar-refractivity contribution >= 4 is 11.8 Å². The van der Waals surface area contributed by atoms with Gasteiger partial charge in [0.05, 0.1) is 6.42 Å². The van der Waals surface area contributed by atoms with Gasteiger partial charge in [-0.25, -0.2) is 0 Å². The molecule has 2 aromatic rings. The van der Waals surface area contributed by atoms with Crippen LogP contribution in [0.1, 0.15) is 47.1 Å². The lowest BCUT2D eigenvalue weighted by Crippen LogP contribution is -2.43. The number of hydrogen-bond donors (Lipinski definition) is 1. The van der Waals surface area contributed by atoms with E-state index in [0.29, 0.717) is 12.2 Å². The van der Waals surface area contributed by atoms with Crippen LogP contribution in [0.15, 0.2) is 41.2 Å². The third kappa shape index (κ3) is 3.15. The summed E-state index contributed by atoms with van der Waals surface area (Å²) >= 11 is 0. The predicted octanol–water partition coefficient (Wildman–Crippen LogP) is 2.05. The molecule has 0 unspecified atom stereocenters. The Morgan fingerprint density at radius 1 is 1.12 bits per heavy atom. The maximum atomic E-state index is 12.4. The van der Waals surface area contributed by atoms with Gasteiger partial charge in [-0.05, 0) is 18.4 Å². The highest BCUT2D eigenvalue weighted by atomic mass is 16.2. The number of amides is 2. The predicted molar refractivity (Wildman–Crippen MR) is 91.0 cm³/mol. The van der Waals surface area contributed by atoms with Crippen LogP contribution >= 0.6 is 0 Å². The van der Waals surface area contributed by atoms with Crippen LogP contribution in [0.3, 0.4) is 0 Å². The number of aryl methyl sites for hydroxylation is 1. The largest absolute Gasteiger partial charge is 0.343 e. The Balaban J connectivity index is 2.15. The van der Waals surface area contributed by atoms with E-state index in [9.17, 15) is 14.4 Å². The van der Waals surface area contributed by atoms with Crippen LogP contribution in [0.2, 0.25) is 0 Å². The third-order valence-corrected chi connectivity index (χ3v) is 4.28. The molecule has 1 aliphatic heterocycles. The minimum absolute atomic E-state index is 0.0586. The molecule has 5 nitrogen and oxygen atoms in total. The van der Waals surface area contributed by atoms with Crippen molar-refractivity contribution in [1.29, 1.82) is 0 Å². The molecule has 0 fully saturated rings. The van der Waals surface area contributed by atoms with E-state index in [0.717, 1.165) is 30.5 Å². The zero-order chi connectivity index (χ0) is 17.1. The number of benzene rings is 1. The van der Waals surface area contributed by atoms with Crippen molar-refractivity contribution in [2.45, 2.75) is 39.2 Å². The number of imide groups is 1. The van der Waals surface area contributed by atoms with E-state index in [2.05, 4.69) is 12.2 Å². The van der Waals surface area contributed by atoms with E-state index in [1.807, 2.05) is 34.9 Å². The summed E-state index contributed by atoms with van der Waals surface area (Å²) in [5, 5.41) is 2.24. The summed E-state index contributed by atoms with van der Waals surface area (Å²) in [5.74, 6) is -0.948. The molecule has 5 heteroatoms. The standard InChI is InChI=1S/C19H20N2O3/c1-2-3-9-14-10-16(22)18-15(11-17(23)20-19(18)24)21(14)12-13-7-5-4-6-8-13/h4-8,10H,2-3,9,11-12H2,1H3,(H,20,23,24). The highest BCUT2D eigenvalue weighted by Gasteiger charge is 2.28. The molecule has 2 amide bonds. The van der Waals surface area contributed by atoms with Gasteiger partial charge in [-0.2, -0.15) is 0 Å². The number of pyridine rings is 1. The molecule has 1 aromatic heterocycles. The molecular weight excluding hydrogens is 304 g/mol. The second-order valence-corrected chi connectivity index (χ2v) is 6.05. The molecule has 0 aliphatic carbocycles. The average molecular weight is 324 g/mol. The van der Waals surface area contributed by atoms with Gasteiger partial charge >= 0.3 is 0 Å². The van der Waals surface area contributed by atoms with Gasteiger partial charge in [0.25, 0.3) is 5.91 Å². The average Bonchev–Trinajstić information content (AvgIpc) is 2.56. The second-order valence-electron chi connectivity index (χ2n) is 6.05. The number of fused-ring (bicyclic) bond motifs is 1. The Hall–Kier alpha value is -2.69. The van der Waals surface area contributed by atoms with Gasteiger partial charge in [-0.15, -0.1) is 0 Å². The fourth-order valence-electron chi connectivity index (χ4n) is 3.09. The number of nitrogens with zero attached hydrogens (tertiary/aromatic N) is 1. The van der Waals surface area contributed by atoms with Gasteiger partial charge in [-0.1, -0.05) is 43.7 Å². The minimum Gasteiger partial charge on any atom is -0.343 e. The molecule has 1 aromatic carbocycles. The molecule has 2 heterocycles. The number of rotatable bonds is 5. The monoisotopic (exact) mass is 324 g/mol. The van der Waals surface area contributed by atoms with Crippen molar-refractivity contribution in [2.75, 3.05) is 0 Å². The number of aromatic nitrogens is 1. The molecule has 1 aliphatic rings. The maximum absolute atomic E-state index is 12.4. The molecule has 1 N–H and O–H groups in total. The lowest BCUT2D eigenvalue weighted by molar-refractivity contribution is -0.119. The normalized spacial score (nSPS) is 13.5. The Morgan fingerprint density at radius 2 is 1.88 bits per heavy atom. The summed E-state index contributed by atoms with van der Waals surface area (Å²) < 4.78 is 1.97. The Labute approximate surface area is 140 Å². The van der Waals surface area contributed by atoms with Gasteiger partial charge in [0.2, 0.25) is 5.91 Å². The minimum atomic E-state index is -0.588. The summed E-state index contributed by atoms with van der Waals surface area (Å²) in [4.78, 5) is 36.3. The van der Waals surface area contributed by atoms with Crippen molar-refractivity contribution in [1.82, 2.24) is 9.88 Å². The summed E-state index contributed by atoms with van der Waals surface area (Å²) in [6.45, 7) is 2.64. The van der Waals surface area contributed by atoms with Gasteiger partial charge in [0, 0.05) is 24.0 Å². The van der Waals surface area contributed by atoms with E-state index in [4.69, 9.17) is 0 Å². The topological polar surface area (TPSA) is 68.2 Å². The van der Waals surface area contributed by atoms with Crippen LogP contribution in [0, 0.1) is 0 Å². The molecule has 0 bridgehead atoms. The van der Waals surface area contributed by atoms with Gasteiger partial charge in [0.1, 0.15) is 5.56 Å². The first-order chi connectivity index (χ1) is 11.6. The van der Waals surface area contributed by atoms with Crippen molar-refractivity contribution in [2.24, 2.45) is 0 Å². The summed E-state index contributed by atoms with van der Waals surface area (Å²) in [5.41, 5.74) is 2.29. The van der Waals surface area contributed by atoms with Crippen LogP contribution in [0.5, 0.6) is 0 Å². The molecule has 0 atom stereocenters. The van der Waals surface area contributed by atoms with Crippen LogP contribution in [-0.4, -0.2) is 16.4 Å². The molecule has 0 spiro atoms. The quantitative estimate of drug-likeness (QED) is 0.856. The van der Waals surface area contributed by atoms with Crippen molar-refractivity contribution in [3.8, 4) is 0 Å².